The molecule has 35 heavy (non-hydrogen) atoms. The van der Waals surface area contributed by atoms with Crippen LogP contribution >= 0.6 is 0 Å². The van der Waals surface area contributed by atoms with Gasteiger partial charge < -0.3 is 24.8 Å². The fourth-order valence-corrected chi connectivity index (χ4v) is 4.62. The topological polar surface area (TPSA) is 65.1 Å². The SMILES string of the molecule is O=C(Nc1ccc(C2=CCN(C(=O)N3CCOCC3)CC2)cc1)N1Cc2cc(F)c(F)c(F)c2C1. The molecule has 1 saturated heterocycles. The van der Waals surface area contributed by atoms with Crippen LogP contribution in [0.5, 0.6) is 0 Å². The predicted octanol–water partition coefficient (Wildman–Crippen LogP) is 4.19. The lowest BCUT2D eigenvalue weighted by atomic mass is 9.99. The summed E-state index contributed by atoms with van der Waals surface area (Å²) in [5, 5.41) is 2.74. The van der Waals surface area contributed by atoms with Gasteiger partial charge in [0.2, 0.25) is 0 Å². The summed E-state index contributed by atoms with van der Waals surface area (Å²) in [6.45, 7) is 3.42. The minimum absolute atomic E-state index is 0.0000703. The number of fused-ring (bicyclic) bond motifs is 1. The van der Waals surface area contributed by atoms with Gasteiger partial charge in [0.15, 0.2) is 17.5 Å². The lowest BCUT2D eigenvalue weighted by Crippen LogP contribution is -2.49. The Balaban J connectivity index is 1.17. The lowest BCUT2D eigenvalue weighted by Gasteiger charge is -2.34. The second-order valence-electron chi connectivity index (χ2n) is 8.79. The van der Waals surface area contributed by atoms with Gasteiger partial charge in [-0.15, -0.1) is 0 Å². The summed E-state index contributed by atoms with van der Waals surface area (Å²) in [5.41, 5.74) is 2.94. The van der Waals surface area contributed by atoms with Crippen molar-refractivity contribution in [2.45, 2.75) is 19.5 Å². The number of hydrogen-bond donors (Lipinski definition) is 1. The molecule has 0 saturated carbocycles. The second kappa shape index (κ2) is 9.61. The van der Waals surface area contributed by atoms with Crippen molar-refractivity contribution in [1.29, 1.82) is 0 Å². The number of morpholine rings is 1. The number of amides is 4. The van der Waals surface area contributed by atoms with E-state index in [2.05, 4.69) is 5.32 Å². The molecule has 0 radical (unpaired) electrons. The van der Waals surface area contributed by atoms with Gasteiger partial charge in [0.05, 0.1) is 19.8 Å². The first kappa shape index (κ1) is 23.2. The van der Waals surface area contributed by atoms with E-state index in [0.717, 1.165) is 23.6 Å². The van der Waals surface area contributed by atoms with Gasteiger partial charge in [-0.1, -0.05) is 18.2 Å². The summed E-state index contributed by atoms with van der Waals surface area (Å²) in [6, 6.07) is 7.81. The molecule has 4 amide bonds. The minimum atomic E-state index is -1.52. The average molecular weight is 486 g/mol. The molecule has 3 aliphatic heterocycles. The molecule has 2 aromatic carbocycles. The number of nitrogens with zero attached hydrogens (tertiary/aromatic N) is 3. The first-order chi connectivity index (χ1) is 16.9. The molecule has 0 spiro atoms. The Morgan fingerprint density at radius 3 is 2.31 bits per heavy atom. The van der Waals surface area contributed by atoms with E-state index in [-0.39, 0.29) is 30.2 Å². The molecule has 10 heteroatoms. The third-order valence-corrected chi connectivity index (χ3v) is 6.62. The molecular formula is C25H25F3N4O3. The molecule has 184 valence electrons. The smallest absolute Gasteiger partial charge is 0.322 e. The van der Waals surface area contributed by atoms with E-state index in [1.165, 1.54) is 4.90 Å². The van der Waals surface area contributed by atoms with Crippen molar-refractivity contribution < 1.29 is 27.5 Å². The second-order valence-corrected chi connectivity index (χ2v) is 8.79. The molecule has 5 rings (SSSR count). The first-order valence-corrected chi connectivity index (χ1v) is 11.5. The van der Waals surface area contributed by atoms with E-state index >= 15 is 0 Å². The molecule has 3 aliphatic rings. The third kappa shape index (κ3) is 4.70. The van der Waals surface area contributed by atoms with Gasteiger partial charge in [0, 0.05) is 44.0 Å². The van der Waals surface area contributed by atoms with Crippen molar-refractivity contribution in [1.82, 2.24) is 14.7 Å². The van der Waals surface area contributed by atoms with Crippen LogP contribution in [-0.2, 0) is 17.8 Å². The number of benzene rings is 2. The molecule has 0 atom stereocenters. The Hall–Kier alpha value is -3.53. The molecule has 1 N–H and O–H groups in total. The van der Waals surface area contributed by atoms with Gasteiger partial charge in [-0.05, 0) is 41.3 Å². The zero-order valence-electron chi connectivity index (χ0n) is 19.0. The Bertz CT molecular complexity index is 1180. The van der Waals surface area contributed by atoms with E-state index < -0.39 is 23.5 Å². The summed E-state index contributed by atoms with van der Waals surface area (Å²) in [5.74, 6) is -4.03. The molecule has 2 aromatic rings. The maximum absolute atomic E-state index is 14.0. The van der Waals surface area contributed by atoms with Crippen molar-refractivity contribution in [2.75, 3.05) is 44.7 Å². The van der Waals surface area contributed by atoms with Crippen LogP contribution in [0.4, 0.5) is 28.4 Å². The van der Waals surface area contributed by atoms with E-state index in [9.17, 15) is 22.8 Å². The average Bonchev–Trinajstić information content (AvgIpc) is 3.32. The number of rotatable bonds is 2. The standard InChI is InChI=1S/C25H25F3N4O3/c26-21-13-18-14-32(15-20(18)22(27)23(21)28)24(33)29-19-3-1-16(2-4-19)17-5-7-30(8-6-17)25(34)31-9-11-35-12-10-31/h1-5,13H,6-12,14-15H2,(H,29,33). The van der Waals surface area contributed by atoms with Crippen LogP contribution in [0.3, 0.4) is 0 Å². The highest BCUT2D eigenvalue weighted by molar-refractivity contribution is 5.90. The van der Waals surface area contributed by atoms with Crippen LogP contribution in [-0.4, -0.2) is 66.2 Å². The normalized spacial score (nSPS) is 17.8. The van der Waals surface area contributed by atoms with Crippen LogP contribution in [0.2, 0.25) is 0 Å². The zero-order chi connectivity index (χ0) is 24.5. The molecular weight excluding hydrogens is 461 g/mol. The van der Waals surface area contributed by atoms with Crippen LogP contribution in [0.1, 0.15) is 23.1 Å². The zero-order valence-corrected chi connectivity index (χ0v) is 19.0. The summed E-state index contributed by atoms with van der Waals surface area (Å²) in [4.78, 5) is 30.2. The van der Waals surface area contributed by atoms with E-state index in [1.807, 2.05) is 28.0 Å². The summed E-state index contributed by atoms with van der Waals surface area (Å²) >= 11 is 0. The number of carbonyl (C=O) groups excluding carboxylic acids is 2. The highest BCUT2D eigenvalue weighted by Gasteiger charge is 2.29. The Kier molecular flexibility index (Phi) is 6.38. The number of halogens is 3. The summed E-state index contributed by atoms with van der Waals surface area (Å²) in [6.07, 6.45) is 2.77. The lowest BCUT2D eigenvalue weighted by molar-refractivity contribution is 0.0441. The number of urea groups is 2. The molecule has 0 aromatic heterocycles. The van der Waals surface area contributed by atoms with Gasteiger partial charge in [-0.3, -0.25) is 0 Å². The molecule has 0 aliphatic carbocycles. The third-order valence-electron chi connectivity index (χ3n) is 6.62. The fraction of sp³-hybridized carbons (Fsp3) is 0.360. The maximum Gasteiger partial charge on any atom is 0.322 e. The Labute approximate surface area is 200 Å². The molecule has 0 bridgehead atoms. The van der Waals surface area contributed by atoms with E-state index in [0.29, 0.717) is 45.1 Å². The highest BCUT2D eigenvalue weighted by atomic mass is 19.2. The number of anilines is 1. The van der Waals surface area contributed by atoms with E-state index in [1.54, 1.807) is 12.1 Å². The molecule has 3 heterocycles. The number of carbonyl (C=O) groups is 2. The predicted molar refractivity (Wildman–Crippen MR) is 123 cm³/mol. The fourth-order valence-electron chi connectivity index (χ4n) is 4.62. The molecule has 7 nitrogen and oxygen atoms in total. The maximum atomic E-state index is 14.0. The van der Waals surface area contributed by atoms with E-state index in [4.69, 9.17) is 4.74 Å². The largest absolute Gasteiger partial charge is 0.378 e. The minimum Gasteiger partial charge on any atom is -0.378 e. The number of ether oxygens (including phenoxy) is 1. The first-order valence-electron chi connectivity index (χ1n) is 11.5. The van der Waals surface area contributed by atoms with Crippen molar-refractivity contribution in [3.63, 3.8) is 0 Å². The molecule has 1 fully saturated rings. The molecule has 0 unspecified atom stereocenters. The van der Waals surface area contributed by atoms with Gasteiger partial charge in [0.1, 0.15) is 0 Å². The van der Waals surface area contributed by atoms with Gasteiger partial charge in [-0.25, -0.2) is 22.8 Å². The van der Waals surface area contributed by atoms with Crippen molar-refractivity contribution in [2.24, 2.45) is 0 Å². The number of nitrogens with one attached hydrogen (secondary N) is 1. The van der Waals surface area contributed by atoms with Crippen LogP contribution in [0.25, 0.3) is 5.57 Å². The monoisotopic (exact) mass is 486 g/mol. The van der Waals surface area contributed by atoms with Gasteiger partial charge in [0.25, 0.3) is 0 Å². The summed E-state index contributed by atoms with van der Waals surface area (Å²) < 4.78 is 46.3. The highest BCUT2D eigenvalue weighted by Crippen LogP contribution is 2.29. The van der Waals surface area contributed by atoms with Crippen LogP contribution in [0.15, 0.2) is 36.4 Å². The Morgan fingerprint density at radius 1 is 0.886 bits per heavy atom. The van der Waals surface area contributed by atoms with Crippen molar-refractivity contribution >= 4 is 23.3 Å². The van der Waals surface area contributed by atoms with Crippen molar-refractivity contribution in [3.05, 3.63) is 70.5 Å². The number of hydrogen-bond acceptors (Lipinski definition) is 3. The Morgan fingerprint density at radius 2 is 1.63 bits per heavy atom. The van der Waals surface area contributed by atoms with Crippen LogP contribution < -0.4 is 5.32 Å². The van der Waals surface area contributed by atoms with Crippen molar-refractivity contribution in [3.8, 4) is 0 Å². The van der Waals surface area contributed by atoms with Gasteiger partial charge >= 0.3 is 12.1 Å². The van der Waals surface area contributed by atoms with Crippen LogP contribution in [0, 0.1) is 17.5 Å². The summed E-state index contributed by atoms with van der Waals surface area (Å²) in [7, 11) is 0. The quantitative estimate of drug-likeness (QED) is 0.648. The van der Waals surface area contributed by atoms with Gasteiger partial charge in [-0.2, -0.15) is 0 Å².